The van der Waals surface area contributed by atoms with Gasteiger partial charge in [-0.1, -0.05) is 17.7 Å². The zero-order chi connectivity index (χ0) is 24.7. The molecule has 2 aromatic carbocycles. The number of hydrogen-bond donors (Lipinski definition) is 1. The van der Waals surface area contributed by atoms with Gasteiger partial charge in [-0.2, -0.15) is 4.31 Å². The highest BCUT2D eigenvalue weighted by Crippen LogP contribution is 2.38. The van der Waals surface area contributed by atoms with E-state index in [4.69, 9.17) is 18.6 Å². The summed E-state index contributed by atoms with van der Waals surface area (Å²) in [6.07, 6.45) is 1.45. The van der Waals surface area contributed by atoms with Crippen LogP contribution >= 0.6 is 0 Å². The predicted molar refractivity (Wildman–Crippen MR) is 125 cm³/mol. The summed E-state index contributed by atoms with van der Waals surface area (Å²) in [6, 6.07) is 13.2. The molecule has 1 heterocycles. The maximum atomic E-state index is 13.3. The summed E-state index contributed by atoms with van der Waals surface area (Å²) in [6.45, 7) is 1.53. The van der Waals surface area contributed by atoms with E-state index in [1.165, 1.54) is 39.7 Å². The molecule has 3 rings (SSSR count). The van der Waals surface area contributed by atoms with E-state index < -0.39 is 15.9 Å². The average Bonchev–Trinajstić information content (AvgIpc) is 3.35. The Kier molecular flexibility index (Phi) is 8.19. The minimum absolute atomic E-state index is 0.0825. The SMILES string of the molecule is COc1cc(CNC(=O)CN(Cc2ccco2)S(=O)(=O)c2ccc(C)cc2)cc(OC)c1OC. The van der Waals surface area contributed by atoms with Gasteiger partial charge in [0.15, 0.2) is 11.5 Å². The number of hydrogen-bond acceptors (Lipinski definition) is 7. The van der Waals surface area contributed by atoms with Crippen molar-refractivity contribution in [2.45, 2.75) is 24.9 Å². The number of benzene rings is 2. The number of rotatable bonds is 11. The maximum Gasteiger partial charge on any atom is 0.243 e. The van der Waals surface area contributed by atoms with Crippen LogP contribution in [0.5, 0.6) is 17.2 Å². The quantitative estimate of drug-likeness (QED) is 0.442. The summed E-state index contributed by atoms with van der Waals surface area (Å²) < 4.78 is 48.9. The van der Waals surface area contributed by atoms with Gasteiger partial charge in [-0.05, 0) is 48.9 Å². The molecule has 0 aliphatic heterocycles. The van der Waals surface area contributed by atoms with Gasteiger partial charge in [0, 0.05) is 6.54 Å². The van der Waals surface area contributed by atoms with Gasteiger partial charge in [0.2, 0.25) is 21.7 Å². The normalized spacial score (nSPS) is 11.3. The zero-order valence-electron chi connectivity index (χ0n) is 19.5. The molecule has 0 aliphatic carbocycles. The first-order valence-corrected chi connectivity index (χ1v) is 11.9. The van der Waals surface area contributed by atoms with E-state index in [1.54, 1.807) is 36.4 Å². The highest BCUT2D eigenvalue weighted by Gasteiger charge is 2.27. The van der Waals surface area contributed by atoms with Gasteiger partial charge < -0.3 is 23.9 Å². The number of methoxy groups -OCH3 is 3. The number of carbonyl (C=O) groups is 1. The highest BCUT2D eigenvalue weighted by molar-refractivity contribution is 7.89. The van der Waals surface area contributed by atoms with Gasteiger partial charge in [-0.25, -0.2) is 8.42 Å². The van der Waals surface area contributed by atoms with Crippen molar-refractivity contribution in [3.05, 3.63) is 71.7 Å². The third kappa shape index (κ3) is 5.89. The Morgan fingerprint density at radius 3 is 2.18 bits per heavy atom. The van der Waals surface area contributed by atoms with Gasteiger partial charge in [0.1, 0.15) is 5.76 Å². The number of nitrogens with zero attached hydrogens (tertiary/aromatic N) is 1. The Labute approximate surface area is 199 Å². The first-order chi connectivity index (χ1) is 16.3. The van der Waals surface area contributed by atoms with Crippen molar-refractivity contribution in [2.75, 3.05) is 27.9 Å². The molecule has 1 aromatic heterocycles. The number of furan rings is 1. The minimum atomic E-state index is -3.95. The van der Waals surface area contributed by atoms with Crippen LogP contribution in [0.4, 0.5) is 0 Å². The summed E-state index contributed by atoms with van der Waals surface area (Å²) in [4.78, 5) is 12.9. The summed E-state index contributed by atoms with van der Waals surface area (Å²) in [5.41, 5.74) is 1.63. The van der Waals surface area contributed by atoms with Crippen LogP contribution in [0.15, 0.2) is 64.1 Å². The molecular weight excluding hydrogens is 460 g/mol. The Balaban J connectivity index is 1.78. The second kappa shape index (κ2) is 11.1. The van der Waals surface area contributed by atoms with Crippen molar-refractivity contribution in [3.63, 3.8) is 0 Å². The van der Waals surface area contributed by atoms with Crippen molar-refractivity contribution in [3.8, 4) is 17.2 Å². The first kappa shape index (κ1) is 25.1. The van der Waals surface area contributed by atoms with Crippen LogP contribution in [0.3, 0.4) is 0 Å². The van der Waals surface area contributed by atoms with E-state index in [0.717, 1.165) is 9.87 Å². The Hall–Kier alpha value is -3.50. The first-order valence-electron chi connectivity index (χ1n) is 10.4. The molecule has 0 bridgehead atoms. The van der Waals surface area contributed by atoms with Gasteiger partial charge in [-0.3, -0.25) is 4.79 Å². The van der Waals surface area contributed by atoms with Crippen LogP contribution < -0.4 is 19.5 Å². The molecule has 3 aromatic rings. The molecular formula is C24H28N2O7S. The minimum Gasteiger partial charge on any atom is -0.493 e. The van der Waals surface area contributed by atoms with E-state index in [2.05, 4.69) is 5.32 Å². The number of sulfonamides is 1. The van der Waals surface area contributed by atoms with E-state index >= 15 is 0 Å². The predicted octanol–water partition coefficient (Wildman–Crippen LogP) is 3.12. The van der Waals surface area contributed by atoms with Crippen molar-refractivity contribution < 1.29 is 31.8 Å². The molecule has 1 amide bonds. The molecule has 0 saturated carbocycles. The second-order valence-electron chi connectivity index (χ2n) is 7.48. The molecule has 10 heteroatoms. The topological polar surface area (TPSA) is 107 Å². The Morgan fingerprint density at radius 1 is 1.00 bits per heavy atom. The standard InChI is InChI=1S/C24H28N2O7S/c1-17-7-9-20(10-8-17)34(28,29)26(15-19-6-5-11-33-19)16-23(27)25-14-18-12-21(30-2)24(32-4)22(13-18)31-3/h5-13H,14-16H2,1-4H3,(H,25,27). The van der Waals surface area contributed by atoms with Crippen molar-refractivity contribution >= 4 is 15.9 Å². The number of ether oxygens (including phenoxy) is 3. The Morgan fingerprint density at radius 2 is 1.65 bits per heavy atom. The molecule has 0 atom stereocenters. The molecule has 182 valence electrons. The largest absolute Gasteiger partial charge is 0.493 e. The Bertz CT molecular complexity index is 1180. The summed E-state index contributed by atoms with van der Waals surface area (Å²) in [5, 5.41) is 2.75. The van der Waals surface area contributed by atoms with Gasteiger partial charge in [0.05, 0.1) is 45.6 Å². The van der Waals surface area contributed by atoms with Crippen LogP contribution in [0, 0.1) is 6.92 Å². The molecule has 34 heavy (non-hydrogen) atoms. The third-order valence-corrected chi connectivity index (χ3v) is 6.91. The van der Waals surface area contributed by atoms with E-state index in [0.29, 0.717) is 28.6 Å². The fraction of sp³-hybridized carbons (Fsp3) is 0.292. The maximum absolute atomic E-state index is 13.3. The zero-order valence-corrected chi connectivity index (χ0v) is 20.3. The smallest absolute Gasteiger partial charge is 0.243 e. The van der Waals surface area contributed by atoms with Crippen molar-refractivity contribution in [2.24, 2.45) is 0 Å². The van der Waals surface area contributed by atoms with E-state index in [1.807, 2.05) is 6.92 Å². The molecule has 9 nitrogen and oxygen atoms in total. The monoisotopic (exact) mass is 488 g/mol. The van der Waals surface area contributed by atoms with Crippen LogP contribution in [0.25, 0.3) is 0 Å². The molecule has 1 N–H and O–H groups in total. The second-order valence-corrected chi connectivity index (χ2v) is 9.41. The van der Waals surface area contributed by atoms with Gasteiger partial charge >= 0.3 is 0 Å². The fourth-order valence-corrected chi connectivity index (χ4v) is 4.68. The van der Waals surface area contributed by atoms with E-state index in [-0.39, 0.29) is 24.5 Å². The third-order valence-electron chi connectivity index (χ3n) is 5.11. The number of carbonyl (C=O) groups excluding carboxylic acids is 1. The fourth-order valence-electron chi connectivity index (χ4n) is 3.32. The van der Waals surface area contributed by atoms with Gasteiger partial charge in [-0.15, -0.1) is 0 Å². The molecule has 0 radical (unpaired) electrons. The average molecular weight is 489 g/mol. The molecule has 0 aliphatic rings. The highest BCUT2D eigenvalue weighted by atomic mass is 32.2. The van der Waals surface area contributed by atoms with Gasteiger partial charge in [0.25, 0.3) is 0 Å². The summed E-state index contributed by atoms with van der Waals surface area (Å²) in [7, 11) is 0.562. The molecule has 0 spiro atoms. The molecule has 0 unspecified atom stereocenters. The lowest BCUT2D eigenvalue weighted by atomic mass is 10.1. The van der Waals surface area contributed by atoms with E-state index in [9.17, 15) is 13.2 Å². The van der Waals surface area contributed by atoms with Crippen LogP contribution in [0.2, 0.25) is 0 Å². The number of nitrogens with one attached hydrogen (secondary N) is 1. The summed E-state index contributed by atoms with van der Waals surface area (Å²) >= 11 is 0. The lowest BCUT2D eigenvalue weighted by Gasteiger charge is -2.21. The lowest BCUT2D eigenvalue weighted by Crippen LogP contribution is -2.40. The lowest BCUT2D eigenvalue weighted by molar-refractivity contribution is -0.121. The van der Waals surface area contributed by atoms with Crippen LogP contribution in [-0.4, -0.2) is 46.5 Å². The molecule has 0 fully saturated rings. The number of amides is 1. The van der Waals surface area contributed by atoms with Crippen LogP contribution in [-0.2, 0) is 27.9 Å². The van der Waals surface area contributed by atoms with Crippen molar-refractivity contribution in [1.29, 1.82) is 0 Å². The summed E-state index contributed by atoms with van der Waals surface area (Å²) in [5.74, 6) is 1.29. The van der Waals surface area contributed by atoms with Crippen LogP contribution in [0.1, 0.15) is 16.9 Å². The number of aryl methyl sites for hydroxylation is 1. The molecule has 0 saturated heterocycles. The van der Waals surface area contributed by atoms with Crippen molar-refractivity contribution in [1.82, 2.24) is 9.62 Å².